The van der Waals surface area contributed by atoms with Gasteiger partial charge in [-0.2, -0.15) is 5.10 Å². The fourth-order valence-corrected chi connectivity index (χ4v) is 3.12. The Bertz CT molecular complexity index is 779. The molecule has 0 saturated carbocycles. The molecule has 1 heterocycles. The van der Waals surface area contributed by atoms with E-state index >= 15 is 0 Å². The number of rotatable bonds is 7. The first-order valence-electron chi connectivity index (χ1n) is 8.57. The van der Waals surface area contributed by atoms with Crippen molar-refractivity contribution in [1.82, 2.24) is 9.78 Å². The number of nitrogens with two attached hydrogens (primary N) is 1. The molecular weight excluding hydrogens is 318 g/mol. The Hall–Kier alpha value is -1.84. The van der Waals surface area contributed by atoms with Crippen LogP contribution in [-0.2, 0) is 13.1 Å². The molecule has 0 amide bonds. The molecule has 2 N–H and O–H groups in total. The van der Waals surface area contributed by atoms with Crippen molar-refractivity contribution in [2.45, 2.75) is 45.7 Å². The Labute approximate surface area is 150 Å². The van der Waals surface area contributed by atoms with Gasteiger partial charge in [0.1, 0.15) is 0 Å². The molecule has 0 atom stereocenters. The van der Waals surface area contributed by atoms with E-state index in [1.165, 1.54) is 53.1 Å². The summed E-state index contributed by atoms with van der Waals surface area (Å²) in [4.78, 5) is 0. The number of benzene rings is 2. The zero-order valence-corrected chi connectivity index (χ0v) is 15.1. The average molecular weight is 344 g/mol. The summed E-state index contributed by atoms with van der Waals surface area (Å²) in [6, 6.07) is 12.8. The van der Waals surface area contributed by atoms with Gasteiger partial charge in [-0.3, -0.25) is 4.68 Å². The van der Waals surface area contributed by atoms with E-state index in [9.17, 15) is 0 Å². The summed E-state index contributed by atoms with van der Waals surface area (Å²) in [5, 5.41) is 7.02. The number of nitrogens with zero attached hydrogens (tertiary/aromatic N) is 2. The van der Waals surface area contributed by atoms with Crippen LogP contribution in [0.2, 0.25) is 0 Å². The lowest BCUT2D eigenvalue weighted by molar-refractivity contribution is 0.541. The van der Waals surface area contributed by atoms with E-state index in [1.807, 2.05) is 6.20 Å². The number of hydrogen-bond donors (Lipinski definition) is 1. The first-order chi connectivity index (χ1) is 11.3. The first kappa shape index (κ1) is 18.5. The van der Waals surface area contributed by atoms with Gasteiger partial charge in [0.05, 0.1) is 6.20 Å². The van der Waals surface area contributed by atoms with Crippen LogP contribution in [0.5, 0.6) is 0 Å². The molecule has 1 aromatic heterocycles. The molecule has 3 rings (SSSR count). The second-order valence-corrected chi connectivity index (χ2v) is 6.07. The van der Waals surface area contributed by atoms with Crippen LogP contribution >= 0.6 is 12.4 Å². The monoisotopic (exact) mass is 343 g/mol. The SMILES string of the molecule is CCCCCCn1cc(-c2ccc(CN)c3ccccc23)cn1.Cl. The molecule has 0 aliphatic heterocycles. The normalized spacial score (nSPS) is 10.8. The lowest BCUT2D eigenvalue weighted by Gasteiger charge is -2.09. The highest BCUT2D eigenvalue weighted by Crippen LogP contribution is 2.30. The standard InChI is InChI=1S/C20H25N3.ClH/c1-2-3-4-7-12-23-15-17(14-22-23)19-11-10-16(13-21)18-8-5-6-9-20(18)19;/h5-6,8-11,14-15H,2-4,7,12-13,21H2,1H3;1H. The summed E-state index contributed by atoms with van der Waals surface area (Å²) < 4.78 is 2.07. The van der Waals surface area contributed by atoms with Gasteiger partial charge in [0.2, 0.25) is 0 Å². The van der Waals surface area contributed by atoms with Crippen LogP contribution in [-0.4, -0.2) is 9.78 Å². The van der Waals surface area contributed by atoms with Crippen molar-refractivity contribution in [2.24, 2.45) is 5.73 Å². The molecule has 0 aliphatic rings. The minimum absolute atomic E-state index is 0. The maximum Gasteiger partial charge on any atom is 0.0568 e. The summed E-state index contributed by atoms with van der Waals surface area (Å²) >= 11 is 0. The third kappa shape index (κ3) is 3.97. The number of unbranched alkanes of at least 4 members (excludes halogenated alkanes) is 3. The van der Waals surface area contributed by atoms with Crippen molar-refractivity contribution in [3.05, 3.63) is 54.4 Å². The molecule has 128 valence electrons. The van der Waals surface area contributed by atoms with Crippen LogP contribution in [0.3, 0.4) is 0 Å². The minimum atomic E-state index is 0. The van der Waals surface area contributed by atoms with E-state index in [0.717, 1.165) is 6.54 Å². The maximum absolute atomic E-state index is 5.87. The van der Waals surface area contributed by atoms with Crippen molar-refractivity contribution in [1.29, 1.82) is 0 Å². The van der Waals surface area contributed by atoms with E-state index in [4.69, 9.17) is 5.73 Å². The predicted octanol–water partition coefficient (Wildman–Crippen LogP) is 5.16. The van der Waals surface area contributed by atoms with Crippen LogP contribution in [0, 0.1) is 0 Å². The van der Waals surface area contributed by atoms with Crippen LogP contribution in [0.1, 0.15) is 38.2 Å². The van der Waals surface area contributed by atoms with Gasteiger partial charge in [0.25, 0.3) is 0 Å². The Morgan fingerprint density at radius 2 is 1.79 bits per heavy atom. The molecule has 0 bridgehead atoms. The molecular formula is C20H26ClN3. The summed E-state index contributed by atoms with van der Waals surface area (Å²) in [6.45, 7) is 3.80. The highest BCUT2D eigenvalue weighted by atomic mass is 35.5. The predicted molar refractivity (Wildman–Crippen MR) is 104 cm³/mol. The summed E-state index contributed by atoms with van der Waals surface area (Å²) in [7, 11) is 0. The fraction of sp³-hybridized carbons (Fsp3) is 0.350. The zero-order valence-electron chi connectivity index (χ0n) is 14.2. The van der Waals surface area contributed by atoms with Crippen molar-refractivity contribution >= 4 is 23.2 Å². The third-order valence-corrected chi connectivity index (χ3v) is 4.42. The molecule has 0 spiro atoms. The smallest absolute Gasteiger partial charge is 0.0568 e. The van der Waals surface area contributed by atoms with Crippen LogP contribution in [0.15, 0.2) is 48.8 Å². The number of aromatic nitrogens is 2. The number of halogens is 1. The summed E-state index contributed by atoms with van der Waals surface area (Å²) in [5.74, 6) is 0. The van der Waals surface area contributed by atoms with Crippen molar-refractivity contribution < 1.29 is 0 Å². The molecule has 0 fully saturated rings. The lowest BCUT2D eigenvalue weighted by Crippen LogP contribution is -1.98. The molecule has 0 unspecified atom stereocenters. The van der Waals surface area contributed by atoms with E-state index < -0.39 is 0 Å². The van der Waals surface area contributed by atoms with Gasteiger partial charge in [0, 0.05) is 24.8 Å². The second kappa shape index (κ2) is 8.86. The van der Waals surface area contributed by atoms with E-state index in [-0.39, 0.29) is 12.4 Å². The topological polar surface area (TPSA) is 43.8 Å². The Morgan fingerprint density at radius 1 is 1.00 bits per heavy atom. The van der Waals surface area contributed by atoms with Crippen LogP contribution in [0.4, 0.5) is 0 Å². The van der Waals surface area contributed by atoms with Gasteiger partial charge in [-0.1, -0.05) is 62.6 Å². The Kier molecular flexibility index (Phi) is 6.83. The van der Waals surface area contributed by atoms with Gasteiger partial charge in [-0.25, -0.2) is 0 Å². The van der Waals surface area contributed by atoms with Crippen LogP contribution < -0.4 is 5.73 Å². The Morgan fingerprint density at radius 3 is 2.54 bits per heavy atom. The molecule has 0 radical (unpaired) electrons. The number of aryl methyl sites for hydroxylation is 1. The van der Waals surface area contributed by atoms with Gasteiger partial charge >= 0.3 is 0 Å². The van der Waals surface area contributed by atoms with Crippen molar-refractivity contribution in [3.63, 3.8) is 0 Å². The van der Waals surface area contributed by atoms with Crippen molar-refractivity contribution in [2.75, 3.05) is 0 Å². The fourth-order valence-electron chi connectivity index (χ4n) is 3.12. The molecule has 3 nitrogen and oxygen atoms in total. The largest absolute Gasteiger partial charge is 0.326 e. The van der Waals surface area contributed by atoms with Gasteiger partial charge in [-0.05, 0) is 28.3 Å². The molecule has 0 aliphatic carbocycles. The van der Waals surface area contributed by atoms with E-state index in [1.54, 1.807) is 0 Å². The van der Waals surface area contributed by atoms with Gasteiger partial charge in [-0.15, -0.1) is 12.4 Å². The van der Waals surface area contributed by atoms with Crippen LogP contribution in [0.25, 0.3) is 21.9 Å². The van der Waals surface area contributed by atoms with Gasteiger partial charge < -0.3 is 5.73 Å². The molecule has 4 heteroatoms. The molecule has 3 aromatic rings. The summed E-state index contributed by atoms with van der Waals surface area (Å²) in [5.41, 5.74) is 9.48. The maximum atomic E-state index is 5.87. The minimum Gasteiger partial charge on any atom is -0.326 e. The first-order valence-corrected chi connectivity index (χ1v) is 8.57. The number of hydrogen-bond acceptors (Lipinski definition) is 2. The molecule has 2 aromatic carbocycles. The summed E-state index contributed by atoms with van der Waals surface area (Å²) in [6.07, 6.45) is 9.18. The molecule has 24 heavy (non-hydrogen) atoms. The zero-order chi connectivity index (χ0) is 16.1. The second-order valence-electron chi connectivity index (χ2n) is 6.07. The molecule has 0 saturated heterocycles. The Balaban J connectivity index is 0.00000208. The highest BCUT2D eigenvalue weighted by Gasteiger charge is 2.08. The van der Waals surface area contributed by atoms with Gasteiger partial charge in [0.15, 0.2) is 0 Å². The van der Waals surface area contributed by atoms with Crippen molar-refractivity contribution in [3.8, 4) is 11.1 Å². The van der Waals surface area contributed by atoms with E-state index in [0.29, 0.717) is 6.54 Å². The quantitative estimate of drug-likeness (QED) is 0.602. The number of fused-ring (bicyclic) bond motifs is 1. The van der Waals surface area contributed by atoms with E-state index in [2.05, 4.69) is 59.3 Å². The average Bonchev–Trinajstić information content (AvgIpc) is 3.06. The highest BCUT2D eigenvalue weighted by molar-refractivity contribution is 5.98. The lowest BCUT2D eigenvalue weighted by atomic mass is 9.97. The third-order valence-electron chi connectivity index (χ3n) is 4.42.